The first-order valence-corrected chi connectivity index (χ1v) is 17.2. The van der Waals surface area contributed by atoms with E-state index >= 15 is 0 Å². The fourth-order valence-electron chi connectivity index (χ4n) is 4.91. The van der Waals surface area contributed by atoms with Crippen LogP contribution in [0.15, 0.2) is 24.3 Å². The van der Waals surface area contributed by atoms with Crippen LogP contribution in [0.4, 0.5) is 0 Å². The minimum Gasteiger partial charge on any atom is -0.393 e. The number of carbonyl (C=O) groups excluding carboxylic acids is 2. The van der Waals surface area contributed by atoms with Gasteiger partial charge in [0.15, 0.2) is 0 Å². The average Bonchev–Trinajstić information content (AvgIpc) is 2.93. The van der Waals surface area contributed by atoms with E-state index < -0.39 is 0 Å². The fourth-order valence-corrected chi connectivity index (χ4v) is 4.91. The highest BCUT2D eigenvalue weighted by atomic mass is 16.6. The van der Waals surface area contributed by atoms with Crippen LogP contribution in [0.25, 0.3) is 0 Å². The normalized spacial score (nSPS) is 11.6. The highest BCUT2D eigenvalue weighted by molar-refractivity contribution is 5.85. The second kappa shape index (κ2) is 32.8. The summed E-state index contributed by atoms with van der Waals surface area (Å²) in [6.45, 7) is 4.53. The summed E-state index contributed by atoms with van der Waals surface area (Å²) in [6, 6.07) is 0. The smallest absolute Gasteiger partial charge is 0.313 e. The Balaban J connectivity index is 3.36. The van der Waals surface area contributed by atoms with E-state index in [0.717, 1.165) is 38.5 Å². The summed E-state index contributed by atoms with van der Waals surface area (Å²) < 4.78 is 4.99. The van der Waals surface area contributed by atoms with Crippen molar-refractivity contribution in [3.63, 3.8) is 0 Å². The summed E-state index contributed by atoms with van der Waals surface area (Å²) in [5, 5.41) is 0. The Labute approximate surface area is 244 Å². The quantitative estimate of drug-likeness (QED) is 0.0389. The molecule has 0 aliphatic rings. The summed E-state index contributed by atoms with van der Waals surface area (Å²) in [4.78, 5) is 23.8. The van der Waals surface area contributed by atoms with Crippen molar-refractivity contribution in [1.82, 2.24) is 0 Å². The molecule has 0 aromatic carbocycles. The van der Waals surface area contributed by atoms with Crippen LogP contribution >= 0.6 is 0 Å². The predicted octanol–water partition coefficient (Wildman–Crippen LogP) is 12.1. The Kier molecular flexibility index (Phi) is 31.7. The topological polar surface area (TPSA) is 43.4 Å². The van der Waals surface area contributed by atoms with Crippen molar-refractivity contribution in [2.45, 2.75) is 194 Å². The van der Waals surface area contributed by atoms with Gasteiger partial charge in [0.2, 0.25) is 0 Å². The summed E-state index contributed by atoms with van der Waals surface area (Å²) in [5.41, 5.74) is 0. The van der Waals surface area contributed by atoms with Crippen LogP contribution in [0.5, 0.6) is 0 Å². The molecule has 0 fully saturated rings. The molecule has 0 atom stereocenters. The van der Waals surface area contributed by atoms with Gasteiger partial charge in [0.25, 0.3) is 0 Å². The lowest BCUT2D eigenvalue weighted by atomic mass is 10.1. The monoisotopic (exact) mass is 547 g/mol. The molecule has 0 aliphatic carbocycles. The van der Waals surface area contributed by atoms with Gasteiger partial charge in [-0.3, -0.25) is 9.59 Å². The Hall–Kier alpha value is -1.38. The van der Waals surface area contributed by atoms with Crippen molar-refractivity contribution in [2.24, 2.45) is 0 Å². The molecule has 0 aliphatic heterocycles. The van der Waals surface area contributed by atoms with E-state index in [1.54, 1.807) is 0 Å². The number of unbranched alkanes of at least 4 members (excludes halogenated alkanes) is 22. The summed E-state index contributed by atoms with van der Waals surface area (Å²) in [6.07, 6.45) is 42.2. The van der Waals surface area contributed by atoms with Gasteiger partial charge in [0.05, 0.1) is 0 Å². The molecule has 39 heavy (non-hydrogen) atoms. The molecule has 0 amide bonds. The minimum absolute atomic E-state index is 0.340. The standard InChI is InChI=1S/C36H66O3/c1-3-5-7-9-11-13-15-17-19-21-23-25-27-29-31-33-35(37)39-36(38)34-32-30-28-26-24-22-20-18-16-14-12-10-8-6-4-2/h15,17-18,20H,3-14,16,19,21-34H2,1-2H3. The number of ether oxygens (including phenoxy) is 1. The molecule has 0 saturated heterocycles. The maximum atomic E-state index is 11.9. The number of rotatable bonds is 30. The van der Waals surface area contributed by atoms with Crippen LogP contribution < -0.4 is 0 Å². The highest BCUT2D eigenvalue weighted by Crippen LogP contribution is 2.12. The molecule has 0 radical (unpaired) electrons. The molecule has 0 aromatic rings. The first-order chi connectivity index (χ1) is 19.2. The van der Waals surface area contributed by atoms with Crippen molar-refractivity contribution >= 4 is 11.9 Å². The van der Waals surface area contributed by atoms with Crippen LogP contribution in [0.1, 0.15) is 194 Å². The molecule has 0 unspecified atom stereocenters. The van der Waals surface area contributed by atoms with Crippen LogP contribution in [0.2, 0.25) is 0 Å². The molecular formula is C36H66O3. The zero-order chi connectivity index (χ0) is 28.5. The summed E-state index contributed by atoms with van der Waals surface area (Å²) in [5.74, 6) is -0.681. The van der Waals surface area contributed by atoms with E-state index in [0.29, 0.717) is 12.8 Å². The van der Waals surface area contributed by atoms with E-state index in [-0.39, 0.29) is 11.9 Å². The molecule has 0 bridgehead atoms. The molecular weight excluding hydrogens is 480 g/mol. The van der Waals surface area contributed by atoms with E-state index in [9.17, 15) is 9.59 Å². The lowest BCUT2D eigenvalue weighted by molar-refractivity contribution is -0.159. The van der Waals surface area contributed by atoms with Gasteiger partial charge in [0, 0.05) is 12.8 Å². The van der Waals surface area contributed by atoms with Gasteiger partial charge in [-0.05, 0) is 64.2 Å². The summed E-state index contributed by atoms with van der Waals surface area (Å²) >= 11 is 0. The number of hydrogen-bond donors (Lipinski definition) is 0. The zero-order valence-electron chi connectivity index (χ0n) is 26.3. The van der Waals surface area contributed by atoms with E-state index in [4.69, 9.17) is 4.74 Å². The van der Waals surface area contributed by atoms with E-state index in [2.05, 4.69) is 38.2 Å². The van der Waals surface area contributed by atoms with Gasteiger partial charge in [0.1, 0.15) is 0 Å². The highest BCUT2D eigenvalue weighted by Gasteiger charge is 2.09. The van der Waals surface area contributed by atoms with Gasteiger partial charge in [-0.15, -0.1) is 0 Å². The lowest BCUT2D eigenvalue weighted by Crippen LogP contribution is -2.11. The second-order valence-corrected chi connectivity index (χ2v) is 11.5. The lowest BCUT2D eigenvalue weighted by Gasteiger charge is -2.04. The summed E-state index contributed by atoms with van der Waals surface area (Å²) in [7, 11) is 0. The van der Waals surface area contributed by atoms with Crippen molar-refractivity contribution in [2.75, 3.05) is 0 Å². The Morgan fingerprint density at radius 1 is 0.385 bits per heavy atom. The fraction of sp³-hybridized carbons (Fsp3) is 0.833. The van der Waals surface area contributed by atoms with Crippen molar-refractivity contribution < 1.29 is 14.3 Å². The van der Waals surface area contributed by atoms with Gasteiger partial charge in [-0.25, -0.2) is 0 Å². The van der Waals surface area contributed by atoms with Gasteiger partial charge < -0.3 is 4.74 Å². The first-order valence-electron chi connectivity index (χ1n) is 17.2. The maximum absolute atomic E-state index is 11.9. The van der Waals surface area contributed by atoms with Crippen molar-refractivity contribution in [3.05, 3.63) is 24.3 Å². The predicted molar refractivity (Wildman–Crippen MR) is 170 cm³/mol. The minimum atomic E-state index is -0.341. The Morgan fingerprint density at radius 3 is 0.949 bits per heavy atom. The maximum Gasteiger partial charge on any atom is 0.313 e. The largest absolute Gasteiger partial charge is 0.393 e. The molecule has 3 nitrogen and oxygen atoms in total. The van der Waals surface area contributed by atoms with Crippen molar-refractivity contribution in [1.29, 1.82) is 0 Å². The van der Waals surface area contributed by atoms with Crippen LogP contribution in [-0.4, -0.2) is 11.9 Å². The number of allylic oxidation sites excluding steroid dienone is 4. The molecule has 0 saturated carbocycles. The molecule has 0 spiro atoms. The SMILES string of the molecule is CCCCCCCC=CCCCCCCCCC(=O)OC(=O)CCCCCCCC=CCCCCCCCC. The molecule has 3 heteroatoms. The average molecular weight is 547 g/mol. The van der Waals surface area contributed by atoms with E-state index in [1.165, 1.54) is 128 Å². The third-order valence-electron chi connectivity index (χ3n) is 7.51. The van der Waals surface area contributed by atoms with Gasteiger partial charge in [-0.1, -0.05) is 141 Å². The molecule has 0 rings (SSSR count). The van der Waals surface area contributed by atoms with Crippen molar-refractivity contribution in [3.8, 4) is 0 Å². The zero-order valence-corrected chi connectivity index (χ0v) is 26.3. The Bertz CT molecular complexity index is 578. The van der Waals surface area contributed by atoms with Crippen LogP contribution in [0, 0.1) is 0 Å². The number of esters is 2. The molecule has 0 aromatic heterocycles. The van der Waals surface area contributed by atoms with Crippen LogP contribution in [0.3, 0.4) is 0 Å². The van der Waals surface area contributed by atoms with Gasteiger partial charge >= 0.3 is 11.9 Å². The number of hydrogen-bond acceptors (Lipinski definition) is 3. The molecule has 228 valence electrons. The van der Waals surface area contributed by atoms with E-state index in [1.807, 2.05) is 0 Å². The molecule has 0 N–H and O–H groups in total. The van der Waals surface area contributed by atoms with Gasteiger partial charge in [-0.2, -0.15) is 0 Å². The Morgan fingerprint density at radius 2 is 0.641 bits per heavy atom. The third-order valence-corrected chi connectivity index (χ3v) is 7.51. The van der Waals surface area contributed by atoms with Crippen LogP contribution in [-0.2, 0) is 14.3 Å². The first kappa shape index (κ1) is 37.6. The third kappa shape index (κ3) is 32.7. The number of carbonyl (C=O) groups is 2. The molecule has 0 heterocycles. The second-order valence-electron chi connectivity index (χ2n) is 11.5.